The van der Waals surface area contributed by atoms with E-state index in [0.717, 1.165) is 24.9 Å². The van der Waals surface area contributed by atoms with Crippen LogP contribution in [-0.2, 0) is 9.53 Å². The van der Waals surface area contributed by atoms with Crippen LogP contribution in [0, 0.1) is 0 Å². The quantitative estimate of drug-likeness (QED) is 0.934. The van der Waals surface area contributed by atoms with Gasteiger partial charge in [-0.3, -0.25) is 4.79 Å². The van der Waals surface area contributed by atoms with Crippen molar-refractivity contribution in [3.05, 3.63) is 35.9 Å². The fourth-order valence-corrected chi connectivity index (χ4v) is 2.65. The molecule has 120 valence electrons. The summed E-state index contributed by atoms with van der Waals surface area (Å²) >= 11 is 0. The summed E-state index contributed by atoms with van der Waals surface area (Å²) in [6.45, 7) is 6.08. The molecule has 0 bridgehead atoms. The van der Waals surface area contributed by atoms with E-state index in [0.29, 0.717) is 0 Å². The maximum atomic E-state index is 12.4. The van der Waals surface area contributed by atoms with Crippen molar-refractivity contribution in [3.63, 3.8) is 0 Å². The highest BCUT2D eigenvalue weighted by Gasteiger charge is 2.30. The van der Waals surface area contributed by atoms with Gasteiger partial charge < -0.3 is 15.0 Å². The SMILES string of the molecule is CC(C)(C)OC(=O)NCC(=O)N1CCC[C@H]1c1ccccc1. The third-order valence-corrected chi connectivity index (χ3v) is 3.54. The van der Waals surface area contributed by atoms with Crippen LogP contribution in [-0.4, -0.2) is 35.6 Å². The topological polar surface area (TPSA) is 58.6 Å². The largest absolute Gasteiger partial charge is 0.444 e. The van der Waals surface area contributed by atoms with Crippen LogP contribution in [0.1, 0.15) is 45.2 Å². The molecule has 0 radical (unpaired) electrons. The third kappa shape index (κ3) is 4.48. The molecule has 5 heteroatoms. The highest BCUT2D eigenvalue weighted by atomic mass is 16.6. The Bertz CT molecular complexity index is 522. The summed E-state index contributed by atoms with van der Waals surface area (Å²) in [5.41, 5.74) is 0.582. The molecular formula is C17H24N2O3. The molecule has 2 amide bonds. The first kappa shape index (κ1) is 16.3. The second-order valence-electron chi connectivity index (χ2n) is 6.51. The molecule has 0 aromatic heterocycles. The van der Waals surface area contributed by atoms with E-state index in [1.807, 2.05) is 35.2 Å². The average molecular weight is 304 g/mol. The van der Waals surface area contributed by atoms with Crippen LogP contribution in [0.5, 0.6) is 0 Å². The molecular weight excluding hydrogens is 280 g/mol. The molecule has 1 atom stereocenters. The highest BCUT2D eigenvalue weighted by Crippen LogP contribution is 2.31. The summed E-state index contributed by atoms with van der Waals surface area (Å²) in [6, 6.07) is 10.1. The fraction of sp³-hybridized carbons (Fsp3) is 0.529. The Morgan fingerprint density at radius 2 is 1.95 bits per heavy atom. The van der Waals surface area contributed by atoms with E-state index in [2.05, 4.69) is 5.32 Å². The summed E-state index contributed by atoms with van der Waals surface area (Å²) in [6.07, 6.45) is 1.39. The molecule has 5 nitrogen and oxygen atoms in total. The van der Waals surface area contributed by atoms with Crippen LogP contribution in [0.15, 0.2) is 30.3 Å². The standard InChI is InChI=1S/C17H24N2O3/c1-17(2,3)22-16(21)18-12-15(20)19-11-7-10-14(19)13-8-5-4-6-9-13/h4-6,8-9,14H,7,10-12H2,1-3H3,(H,18,21)/t14-/m0/s1. The number of rotatable bonds is 3. The Morgan fingerprint density at radius 3 is 2.59 bits per heavy atom. The number of nitrogens with zero attached hydrogens (tertiary/aromatic N) is 1. The number of carbonyl (C=O) groups is 2. The van der Waals surface area contributed by atoms with Gasteiger partial charge in [0.05, 0.1) is 6.04 Å². The zero-order valence-corrected chi connectivity index (χ0v) is 13.5. The molecule has 0 aliphatic carbocycles. The molecule has 2 rings (SSSR count). The second kappa shape index (κ2) is 6.81. The smallest absolute Gasteiger partial charge is 0.408 e. The molecule has 1 aromatic rings. The van der Waals surface area contributed by atoms with Crippen LogP contribution < -0.4 is 5.32 Å². The van der Waals surface area contributed by atoms with E-state index in [1.165, 1.54) is 0 Å². The zero-order chi connectivity index (χ0) is 16.2. The Balaban J connectivity index is 1.90. The lowest BCUT2D eigenvalue weighted by molar-refractivity contribution is -0.131. The molecule has 22 heavy (non-hydrogen) atoms. The zero-order valence-electron chi connectivity index (χ0n) is 13.5. The molecule has 1 saturated heterocycles. The van der Waals surface area contributed by atoms with Gasteiger partial charge in [0.15, 0.2) is 0 Å². The van der Waals surface area contributed by atoms with E-state index >= 15 is 0 Å². The maximum Gasteiger partial charge on any atom is 0.408 e. The normalized spacial score (nSPS) is 18.1. The van der Waals surface area contributed by atoms with E-state index in [4.69, 9.17) is 4.74 Å². The van der Waals surface area contributed by atoms with Gasteiger partial charge in [0.1, 0.15) is 12.1 Å². The van der Waals surface area contributed by atoms with E-state index < -0.39 is 11.7 Å². The van der Waals surface area contributed by atoms with Gasteiger partial charge >= 0.3 is 6.09 Å². The summed E-state index contributed by atoms with van der Waals surface area (Å²) in [7, 11) is 0. The van der Waals surface area contributed by atoms with Crippen molar-refractivity contribution < 1.29 is 14.3 Å². The minimum atomic E-state index is -0.562. The first-order valence-corrected chi connectivity index (χ1v) is 7.68. The highest BCUT2D eigenvalue weighted by molar-refractivity contribution is 5.82. The second-order valence-corrected chi connectivity index (χ2v) is 6.51. The molecule has 0 spiro atoms. The maximum absolute atomic E-state index is 12.4. The van der Waals surface area contributed by atoms with Gasteiger partial charge in [-0.2, -0.15) is 0 Å². The van der Waals surface area contributed by atoms with Crippen LogP contribution in [0.2, 0.25) is 0 Å². The van der Waals surface area contributed by atoms with Crippen molar-refractivity contribution in [2.45, 2.75) is 45.3 Å². The summed E-state index contributed by atoms with van der Waals surface area (Å²) < 4.78 is 5.14. The number of hydrogen-bond donors (Lipinski definition) is 1. The van der Waals surface area contributed by atoms with Crippen LogP contribution in [0.3, 0.4) is 0 Å². The van der Waals surface area contributed by atoms with E-state index in [-0.39, 0.29) is 18.5 Å². The predicted molar refractivity (Wildman–Crippen MR) is 84.4 cm³/mol. The number of benzene rings is 1. The number of ether oxygens (including phenoxy) is 1. The molecule has 1 heterocycles. The van der Waals surface area contributed by atoms with Crippen molar-refractivity contribution in [2.75, 3.05) is 13.1 Å². The fourth-order valence-electron chi connectivity index (χ4n) is 2.65. The van der Waals surface area contributed by atoms with E-state index in [9.17, 15) is 9.59 Å². The molecule has 0 saturated carbocycles. The van der Waals surface area contributed by atoms with Crippen molar-refractivity contribution in [1.29, 1.82) is 0 Å². The first-order valence-electron chi connectivity index (χ1n) is 7.68. The number of likely N-dealkylation sites (tertiary alicyclic amines) is 1. The lowest BCUT2D eigenvalue weighted by Crippen LogP contribution is -2.41. The predicted octanol–water partition coefficient (Wildman–Crippen LogP) is 2.87. The van der Waals surface area contributed by atoms with Crippen molar-refractivity contribution in [2.24, 2.45) is 0 Å². The van der Waals surface area contributed by atoms with Gasteiger partial charge in [0.2, 0.25) is 5.91 Å². The number of hydrogen-bond acceptors (Lipinski definition) is 3. The Kier molecular flexibility index (Phi) is 5.06. The van der Waals surface area contributed by atoms with Crippen molar-refractivity contribution in [1.82, 2.24) is 10.2 Å². The number of alkyl carbamates (subject to hydrolysis) is 1. The molecule has 1 fully saturated rings. The Hall–Kier alpha value is -2.04. The minimum Gasteiger partial charge on any atom is -0.444 e. The van der Waals surface area contributed by atoms with Crippen molar-refractivity contribution >= 4 is 12.0 Å². The average Bonchev–Trinajstić information content (AvgIpc) is 2.93. The number of nitrogens with one attached hydrogen (secondary N) is 1. The minimum absolute atomic E-state index is 0.0295. The summed E-state index contributed by atoms with van der Waals surface area (Å²) in [5, 5.41) is 2.54. The number of amides is 2. The molecule has 1 aromatic carbocycles. The van der Waals surface area contributed by atoms with Gasteiger partial charge in [0.25, 0.3) is 0 Å². The lowest BCUT2D eigenvalue weighted by atomic mass is 10.0. The molecule has 1 aliphatic heterocycles. The number of carbonyl (C=O) groups excluding carboxylic acids is 2. The van der Waals surface area contributed by atoms with E-state index in [1.54, 1.807) is 20.8 Å². The molecule has 0 unspecified atom stereocenters. The third-order valence-electron chi connectivity index (χ3n) is 3.54. The van der Waals surface area contributed by atoms with Gasteiger partial charge in [-0.05, 0) is 39.2 Å². The Morgan fingerprint density at radius 1 is 1.27 bits per heavy atom. The lowest BCUT2D eigenvalue weighted by Gasteiger charge is -2.26. The van der Waals surface area contributed by atoms with Crippen LogP contribution in [0.4, 0.5) is 4.79 Å². The van der Waals surface area contributed by atoms with Gasteiger partial charge in [0, 0.05) is 6.54 Å². The van der Waals surface area contributed by atoms with Crippen LogP contribution >= 0.6 is 0 Å². The molecule has 1 aliphatic rings. The summed E-state index contributed by atoms with van der Waals surface area (Å²) in [5.74, 6) is -0.0720. The molecule has 1 N–H and O–H groups in total. The first-order chi connectivity index (χ1) is 10.4. The van der Waals surface area contributed by atoms with Gasteiger partial charge in [-0.15, -0.1) is 0 Å². The van der Waals surface area contributed by atoms with Crippen molar-refractivity contribution in [3.8, 4) is 0 Å². The Labute approximate surface area is 131 Å². The summed E-state index contributed by atoms with van der Waals surface area (Å²) in [4.78, 5) is 25.8. The monoisotopic (exact) mass is 304 g/mol. The van der Waals surface area contributed by atoms with Crippen LogP contribution in [0.25, 0.3) is 0 Å². The van der Waals surface area contributed by atoms with Gasteiger partial charge in [-0.25, -0.2) is 4.79 Å². The van der Waals surface area contributed by atoms with Gasteiger partial charge in [-0.1, -0.05) is 30.3 Å².